The van der Waals surface area contributed by atoms with E-state index in [2.05, 4.69) is 28.5 Å². The second kappa shape index (κ2) is 5.23. The van der Waals surface area contributed by atoms with Crippen LogP contribution in [0, 0.1) is 12.3 Å². The molecule has 114 valence electrons. The first kappa shape index (κ1) is 14.7. The number of nitrogens with two attached hydrogens (primary N) is 1. The van der Waals surface area contributed by atoms with E-state index in [1.165, 1.54) is 11.5 Å². The maximum absolute atomic E-state index is 6.04. The summed E-state index contributed by atoms with van der Waals surface area (Å²) in [4.78, 5) is 4.53. The van der Waals surface area contributed by atoms with Crippen molar-refractivity contribution in [1.82, 2.24) is 9.36 Å². The van der Waals surface area contributed by atoms with E-state index in [1.807, 2.05) is 12.3 Å². The molecule has 2 atom stereocenters. The van der Waals surface area contributed by atoms with E-state index in [-0.39, 0.29) is 5.41 Å². The fourth-order valence-electron chi connectivity index (χ4n) is 2.77. The van der Waals surface area contributed by atoms with E-state index in [4.69, 9.17) is 10.5 Å². The molecule has 1 fully saturated rings. The summed E-state index contributed by atoms with van der Waals surface area (Å²) in [7, 11) is 1.77. The molecule has 1 saturated carbocycles. The molecule has 0 amide bonds. The van der Waals surface area contributed by atoms with E-state index in [0.717, 1.165) is 27.7 Å². The summed E-state index contributed by atoms with van der Waals surface area (Å²) in [6, 6.07) is 0.363. The van der Waals surface area contributed by atoms with Gasteiger partial charge in [-0.2, -0.15) is 4.37 Å². The Morgan fingerprint density at radius 3 is 2.81 bits per heavy atom. The van der Waals surface area contributed by atoms with Crippen molar-refractivity contribution >= 4 is 33.7 Å². The van der Waals surface area contributed by atoms with E-state index >= 15 is 0 Å². The SMILES string of the molecule is COC1CC(Nc2snc(N)c2-c2nc(C)cs2)C1(C)C. The van der Waals surface area contributed by atoms with Crippen LogP contribution in [-0.2, 0) is 4.74 Å². The maximum Gasteiger partial charge on any atom is 0.149 e. The predicted molar refractivity (Wildman–Crippen MR) is 89.0 cm³/mol. The average molecular weight is 324 g/mol. The molecule has 2 unspecified atom stereocenters. The number of aromatic nitrogens is 2. The first-order valence-electron chi connectivity index (χ1n) is 6.90. The van der Waals surface area contributed by atoms with Gasteiger partial charge in [-0.15, -0.1) is 11.3 Å². The first-order valence-corrected chi connectivity index (χ1v) is 8.55. The van der Waals surface area contributed by atoms with Crippen LogP contribution in [0.5, 0.6) is 0 Å². The minimum absolute atomic E-state index is 0.101. The van der Waals surface area contributed by atoms with Gasteiger partial charge >= 0.3 is 0 Å². The van der Waals surface area contributed by atoms with Gasteiger partial charge in [-0.1, -0.05) is 13.8 Å². The Morgan fingerprint density at radius 1 is 1.48 bits per heavy atom. The van der Waals surface area contributed by atoms with Gasteiger partial charge in [0.15, 0.2) is 0 Å². The number of hydrogen-bond donors (Lipinski definition) is 2. The van der Waals surface area contributed by atoms with Crippen LogP contribution in [-0.4, -0.2) is 28.6 Å². The van der Waals surface area contributed by atoms with Gasteiger partial charge in [-0.25, -0.2) is 4.98 Å². The highest BCUT2D eigenvalue weighted by molar-refractivity contribution is 7.15. The van der Waals surface area contributed by atoms with Crippen molar-refractivity contribution in [3.05, 3.63) is 11.1 Å². The van der Waals surface area contributed by atoms with Crippen molar-refractivity contribution < 1.29 is 4.74 Å². The quantitative estimate of drug-likeness (QED) is 0.902. The van der Waals surface area contributed by atoms with Crippen LogP contribution in [0.15, 0.2) is 5.38 Å². The van der Waals surface area contributed by atoms with Crippen LogP contribution in [0.4, 0.5) is 10.8 Å². The number of aryl methyl sites for hydroxylation is 1. The number of nitrogens with one attached hydrogen (secondary N) is 1. The minimum atomic E-state index is 0.101. The third kappa shape index (κ3) is 2.43. The summed E-state index contributed by atoms with van der Waals surface area (Å²) in [5.74, 6) is 0.553. The highest BCUT2D eigenvalue weighted by Crippen LogP contribution is 2.47. The lowest BCUT2D eigenvalue weighted by Crippen LogP contribution is -2.57. The molecular formula is C14H20N4OS2. The molecular weight excluding hydrogens is 304 g/mol. The lowest BCUT2D eigenvalue weighted by Gasteiger charge is -2.51. The lowest BCUT2D eigenvalue weighted by atomic mass is 9.64. The second-order valence-corrected chi connectivity index (χ2v) is 7.68. The van der Waals surface area contributed by atoms with Gasteiger partial charge in [0, 0.05) is 29.6 Å². The predicted octanol–water partition coefficient (Wildman–Crippen LogP) is 3.38. The van der Waals surface area contributed by atoms with Crippen molar-refractivity contribution in [1.29, 1.82) is 0 Å². The number of anilines is 2. The summed E-state index contributed by atoms with van der Waals surface area (Å²) in [6.45, 7) is 6.43. The van der Waals surface area contributed by atoms with E-state index in [0.29, 0.717) is 18.0 Å². The van der Waals surface area contributed by atoms with Crippen molar-refractivity contribution in [3.63, 3.8) is 0 Å². The molecule has 0 saturated heterocycles. The molecule has 0 bridgehead atoms. The van der Waals surface area contributed by atoms with Crippen molar-refractivity contribution in [2.24, 2.45) is 5.41 Å². The lowest BCUT2D eigenvalue weighted by molar-refractivity contribution is -0.0793. The molecule has 3 rings (SSSR count). The van der Waals surface area contributed by atoms with Crippen LogP contribution >= 0.6 is 22.9 Å². The first-order chi connectivity index (χ1) is 9.93. The number of hydrogen-bond acceptors (Lipinski definition) is 7. The molecule has 2 aromatic rings. The molecule has 0 aromatic carbocycles. The number of methoxy groups -OCH3 is 1. The number of rotatable bonds is 4. The third-order valence-corrected chi connectivity index (χ3v) is 6.09. The van der Waals surface area contributed by atoms with Crippen LogP contribution in [0.1, 0.15) is 26.0 Å². The monoisotopic (exact) mass is 324 g/mol. The minimum Gasteiger partial charge on any atom is -0.382 e. The normalized spacial score (nSPS) is 23.8. The van der Waals surface area contributed by atoms with Crippen molar-refractivity contribution in [3.8, 4) is 10.6 Å². The van der Waals surface area contributed by atoms with Gasteiger partial charge in [0.05, 0.1) is 11.7 Å². The molecule has 7 heteroatoms. The second-order valence-electron chi connectivity index (χ2n) is 6.04. The largest absolute Gasteiger partial charge is 0.382 e. The van der Waals surface area contributed by atoms with Crippen LogP contribution in [0.2, 0.25) is 0 Å². The van der Waals surface area contributed by atoms with Crippen LogP contribution < -0.4 is 11.1 Å². The van der Waals surface area contributed by atoms with E-state index in [1.54, 1.807) is 18.4 Å². The summed E-state index contributed by atoms with van der Waals surface area (Å²) in [5.41, 5.74) is 8.09. The Hall–Kier alpha value is -1.18. The molecule has 0 spiro atoms. The molecule has 0 aliphatic heterocycles. The number of nitrogen functional groups attached to an aromatic ring is 1. The Labute approximate surface area is 132 Å². The molecule has 1 aliphatic carbocycles. The van der Waals surface area contributed by atoms with E-state index < -0.39 is 0 Å². The standard InChI is InChI=1S/C14H20N4OS2/c1-7-6-20-12(16-7)10-11(15)18-21-13(10)17-8-5-9(19-4)14(8,2)3/h6,8-9,17H,5H2,1-4H3,(H2,15,18). The highest BCUT2D eigenvalue weighted by atomic mass is 32.1. The Balaban J connectivity index is 1.85. The third-order valence-electron chi connectivity index (χ3n) is 4.32. The molecule has 2 aromatic heterocycles. The van der Waals surface area contributed by atoms with Crippen molar-refractivity contribution in [2.45, 2.75) is 39.3 Å². The zero-order valence-corrected chi connectivity index (χ0v) is 14.3. The van der Waals surface area contributed by atoms with Crippen LogP contribution in [0.25, 0.3) is 10.6 Å². The molecule has 2 heterocycles. The Kier molecular flexibility index (Phi) is 3.67. The zero-order chi connectivity index (χ0) is 15.2. The smallest absolute Gasteiger partial charge is 0.149 e. The highest BCUT2D eigenvalue weighted by Gasteiger charge is 2.49. The molecule has 0 radical (unpaired) electrons. The summed E-state index contributed by atoms with van der Waals surface area (Å²) < 4.78 is 9.80. The Morgan fingerprint density at radius 2 is 2.24 bits per heavy atom. The summed E-state index contributed by atoms with van der Waals surface area (Å²) >= 11 is 3.01. The molecule has 3 N–H and O–H groups in total. The molecule has 21 heavy (non-hydrogen) atoms. The van der Waals surface area contributed by atoms with Crippen molar-refractivity contribution in [2.75, 3.05) is 18.2 Å². The topological polar surface area (TPSA) is 73.1 Å². The van der Waals surface area contributed by atoms with Gasteiger partial charge in [-0.3, -0.25) is 0 Å². The summed E-state index contributed by atoms with van der Waals surface area (Å²) in [6.07, 6.45) is 1.29. The van der Waals surface area contributed by atoms with Gasteiger partial charge < -0.3 is 15.8 Å². The van der Waals surface area contributed by atoms with Gasteiger partial charge in [-0.05, 0) is 24.9 Å². The zero-order valence-electron chi connectivity index (χ0n) is 12.6. The number of ether oxygens (including phenoxy) is 1. The number of nitrogens with zero attached hydrogens (tertiary/aromatic N) is 2. The fourth-order valence-corrected chi connectivity index (χ4v) is 4.45. The van der Waals surface area contributed by atoms with Gasteiger partial charge in [0.1, 0.15) is 15.8 Å². The van der Waals surface area contributed by atoms with Gasteiger partial charge in [0.25, 0.3) is 0 Å². The Bertz CT molecular complexity index is 649. The summed E-state index contributed by atoms with van der Waals surface area (Å²) in [5, 5.41) is 7.57. The number of thiazole rings is 1. The van der Waals surface area contributed by atoms with Gasteiger partial charge in [0.2, 0.25) is 0 Å². The molecule has 5 nitrogen and oxygen atoms in total. The van der Waals surface area contributed by atoms with Crippen LogP contribution in [0.3, 0.4) is 0 Å². The maximum atomic E-state index is 6.04. The average Bonchev–Trinajstić information content (AvgIpc) is 3.00. The fraction of sp³-hybridized carbons (Fsp3) is 0.571. The molecule has 1 aliphatic rings. The van der Waals surface area contributed by atoms with E-state index in [9.17, 15) is 0 Å².